The Bertz CT molecular complexity index is 376. The fraction of sp³-hybridized carbons (Fsp3) is 0.364. The fourth-order valence-corrected chi connectivity index (χ4v) is 1.96. The van der Waals surface area contributed by atoms with E-state index in [1.807, 2.05) is 30.0 Å². The van der Waals surface area contributed by atoms with Crippen LogP contribution in [0.25, 0.3) is 0 Å². The van der Waals surface area contributed by atoms with E-state index >= 15 is 0 Å². The maximum absolute atomic E-state index is 11.6. The zero-order valence-electron chi connectivity index (χ0n) is 8.09. The lowest BCUT2D eigenvalue weighted by molar-refractivity contribution is -0.131. The molecule has 1 aliphatic heterocycles. The summed E-state index contributed by atoms with van der Waals surface area (Å²) < 4.78 is 0. The molecule has 0 aliphatic carbocycles. The maximum Gasteiger partial charge on any atom is 0.227 e. The lowest BCUT2D eigenvalue weighted by Gasteiger charge is -2.27. The van der Waals surface area contributed by atoms with Gasteiger partial charge in [-0.15, -0.1) is 0 Å². The molecule has 1 aliphatic rings. The topological polar surface area (TPSA) is 20.3 Å². The van der Waals surface area contributed by atoms with E-state index in [1.54, 1.807) is 0 Å². The van der Waals surface area contributed by atoms with Crippen LogP contribution in [0.3, 0.4) is 0 Å². The molecule has 0 fully saturated rings. The van der Waals surface area contributed by atoms with Gasteiger partial charge in [0.05, 0.1) is 6.42 Å². The van der Waals surface area contributed by atoms with E-state index in [9.17, 15) is 4.79 Å². The van der Waals surface area contributed by atoms with E-state index in [-0.39, 0.29) is 5.91 Å². The van der Waals surface area contributed by atoms with Gasteiger partial charge in [0.1, 0.15) is 0 Å². The van der Waals surface area contributed by atoms with Gasteiger partial charge in [0.25, 0.3) is 0 Å². The first kappa shape index (κ1) is 9.53. The van der Waals surface area contributed by atoms with Crippen molar-refractivity contribution in [2.45, 2.75) is 19.9 Å². The van der Waals surface area contributed by atoms with Crippen molar-refractivity contribution in [1.82, 2.24) is 4.90 Å². The lowest BCUT2D eigenvalue weighted by atomic mass is 9.99. The van der Waals surface area contributed by atoms with E-state index in [0.29, 0.717) is 11.4 Å². The van der Waals surface area contributed by atoms with Crippen LogP contribution in [0, 0.1) is 0 Å². The van der Waals surface area contributed by atoms with Gasteiger partial charge in [-0.2, -0.15) is 0 Å². The molecule has 2 nitrogen and oxygen atoms in total. The second-order valence-electron chi connectivity index (χ2n) is 3.50. The zero-order valence-corrected chi connectivity index (χ0v) is 8.84. The van der Waals surface area contributed by atoms with Gasteiger partial charge in [-0.1, -0.05) is 17.7 Å². The molecule has 1 amide bonds. The third-order valence-corrected chi connectivity index (χ3v) is 2.84. The normalized spacial score (nSPS) is 15.6. The molecule has 0 aromatic heterocycles. The average Bonchev–Trinajstić information content (AvgIpc) is 2.16. The number of hydrogen-bond donors (Lipinski definition) is 0. The predicted octanol–water partition coefficient (Wildman–Crippen LogP) is 2.24. The van der Waals surface area contributed by atoms with E-state index in [4.69, 9.17) is 11.6 Å². The molecule has 1 aromatic rings. The van der Waals surface area contributed by atoms with Crippen molar-refractivity contribution in [3.8, 4) is 0 Å². The Hall–Kier alpha value is -1.02. The van der Waals surface area contributed by atoms with Crippen molar-refractivity contribution in [2.24, 2.45) is 0 Å². The van der Waals surface area contributed by atoms with Gasteiger partial charge in [-0.25, -0.2) is 0 Å². The van der Waals surface area contributed by atoms with Crippen molar-refractivity contribution in [1.29, 1.82) is 0 Å². The van der Waals surface area contributed by atoms with Crippen LogP contribution >= 0.6 is 11.6 Å². The highest BCUT2D eigenvalue weighted by Gasteiger charge is 2.21. The van der Waals surface area contributed by atoms with Crippen molar-refractivity contribution in [3.05, 3.63) is 34.3 Å². The number of rotatable bonds is 1. The summed E-state index contributed by atoms with van der Waals surface area (Å²) in [5.74, 6) is 0.197. The quantitative estimate of drug-likeness (QED) is 0.695. The molecule has 0 N–H and O–H groups in total. The van der Waals surface area contributed by atoms with E-state index in [1.165, 1.54) is 5.56 Å². The molecule has 0 bridgehead atoms. The smallest absolute Gasteiger partial charge is 0.227 e. The fourth-order valence-electron chi connectivity index (χ4n) is 1.77. The molecule has 74 valence electrons. The van der Waals surface area contributed by atoms with Crippen molar-refractivity contribution < 1.29 is 4.79 Å². The minimum atomic E-state index is 0.197. The van der Waals surface area contributed by atoms with Crippen molar-refractivity contribution in [2.75, 3.05) is 6.54 Å². The zero-order chi connectivity index (χ0) is 10.1. The number of amides is 1. The van der Waals surface area contributed by atoms with Gasteiger partial charge in [0.15, 0.2) is 0 Å². The number of halogens is 1. The summed E-state index contributed by atoms with van der Waals surface area (Å²) in [5, 5.41) is 0.710. The van der Waals surface area contributed by atoms with Crippen LogP contribution in [0.1, 0.15) is 18.1 Å². The lowest BCUT2D eigenvalue weighted by Crippen LogP contribution is -2.35. The molecule has 0 saturated heterocycles. The van der Waals surface area contributed by atoms with Crippen LogP contribution < -0.4 is 0 Å². The second-order valence-corrected chi connectivity index (χ2v) is 3.93. The highest BCUT2D eigenvalue weighted by Crippen LogP contribution is 2.22. The monoisotopic (exact) mass is 209 g/mol. The molecule has 0 atom stereocenters. The first-order valence-electron chi connectivity index (χ1n) is 4.75. The van der Waals surface area contributed by atoms with Crippen molar-refractivity contribution >= 4 is 17.5 Å². The summed E-state index contributed by atoms with van der Waals surface area (Å²) in [5.41, 5.74) is 2.29. The second kappa shape index (κ2) is 3.62. The van der Waals surface area contributed by atoms with Crippen LogP contribution in [-0.4, -0.2) is 17.4 Å². The van der Waals surface area contributed by atoms with Gasteiger partial charge in [-0.05, 0) is 30.2 Å². The first-order chi connectivity index (χ1) is 6.70. The van der Waals surface area contributed by atoms with Crippen LogP contribution in [0.2, 0.25) is 5.02 Å². The number of fused-ring (bicyclic) bond motifs is 1. The molecular formula is C11H12ClNO. The first-order valence-corrected chi connectivity index (χ1v) is 5.13. The summed E-state index contributed by atoms with van der Waals surface area (Å²) >= 11 is 5.87. The minimum absolute atomic E-state index is 0.197. The molecule has 0 spiro atoms. The van der Waals surface area contributed by atoms with Crippen LogP contribution in [-0.2, 0) is 17.8 Å². The molecule has 0 radical (unpaired) electrons. The predicted molar refractivity (Wildman–Crippen MR) is 56.2 cm³/mol. The Morgan fingerprint density at radius 1 is 1.43 bits per heavy atom. The number of carbonyl (C=O) groups excluding carboxylic acids is 1. The number of benzene rings is 1. The Balaban J connectivity index is 2.35. The Kier molecular flexibility index (Phi) is 2.46. The minimum Gasteiger partial charge on any atom is -0.338 e. The number of hydrogen-bond acceptors (Lipinski definition) is 1. The third kappa shape index (κ3) is 1.62. The Morgan fingerprint density at radius 3 is 2.93 bits per heavy atom. The SMILES string of the molecule is CCN1Cc2ccc(Cl)cc2CC1=O. The standard InChI is InChI=1S/C11H12ClNO/c1-2-13-7-8-3-4-10(12)5-9(8)6-11(13)14/h3-5H,2,6-7H2,1H3. The van der Waals surface area contributed by atoms with E-state index < -0.39 is 0 Å². The van der Waals surface area contributed by atoms with E-state index in [0.717, 1.165) is 18.7 Å². The number of carbonyl (C=O) groups is 1. The van der Waals surface area contributed by atoms with Crippen LogP contribution in [0.5, 0.6) is 0 Å². The average molecular weight is 210 g/mol. The highest BCUT2D eigenvalue weighted by molar-refractivity contribution is 6.30. The number of nitrogens with zero attached hydrogens (tertiary/aromatic N) is 1. The summed E-state index contributed by atoms with van der Waals surface area (Å²) in [7, 11) is 0. The Labute approximate surface area is 88.5 Å². The molecule has 14 heavy (non-hydrogen) atoms. The largest absolute Gasteiger partial charge is 0.338 e. The van der Waals surface area contributed by atoms with Gasteiger partial charge in [-0.3, -0.25) is 4.79 Å². The molecule has 1 heterocycles. The van der Waals surface area contributed by atoms with Crippen LogP contribution in [0.15, 0.2) is 18.2 Å². The van der Waals surface area contributed by atoms with Crippen molar-refractivity contribution in [3.63, 3.8) is 0 Å². The number of likely N-dealkylation sites (N-methyl/N-ethyl adjacent to an activating group) is 1. The Morgan fingerprint density at radius 2 is 2.21 bits per heavy atom. The van der Waals surface area contributed by atoms with Gasteiger partial charge >= 0.3 is 0 Å². The van der Waals surface area contributed by atoms with Gasteiger partial charge < -0.3 is 4.90 Å². The molecular weight excluding hydrogens is 198 g/mol. The summed E-state index contributed by atoms with van der Waals surface area (Å²) in [6, 6.07) is 5.78. The highest BCUT2D eigenvalue weighted by atomic mass is 35.5. The maximum atomic E-state index is 11.6. The van der Waals surface area contributed by atoms with Crippen LogP contribution in [0.4, 0.5) is 0 Å². The summed E-state index contributed by atoms with van der Waals surface area (Å²) in [6.45, 7) is 3.50. The molecule has 3 heteroatoms. The van der Waals surface area contributed by atoms with Gasteiger partial charge in [0, 0.05) is 18.1 Å². The summed E-state index contributed by atoms with van der Waals surface area (Å²) in [6.07, 6.45) is 0.490. The molecule has 2 rings (SSSR count). The van der Waals surface area contributed by atoms with E-state index in [2.05, 4.69) is 0 Å². The van der Waals surface area contributed by atoms with Gasteiger partial charge in [0.2, 0.25) is 5.91 Å². The molecule has 0 saturated carbocycles. The molecule has 1 aromatic carbocycles. The third-order valence-electron chi connectivity index (χ3n) is 2.61. The summed E-state index contributed by atoms with van der Waals surface area (Å²) in [4.78, 5) is 13.4. The molecule has 0 unspecified atom stereocenters.